The normalized spacial score (nSPS) is 20.7. The number of rotatable bonds is 7. The number of allylic oxidation sites excluding steroid dienone is 1. The van der Waals surface area contributed by atoms with Crippen molar-refractivity contribution >= 4 is 18.7 Å². The molecule has 3 heteroatoms. The summed E-state index contributed by atoms with van der Waals surface area (Å²) < 4.78 is 12.2. The van der Waals surface area contributed by atoms with E-state index in [0.717, 1.165) is 17.8 Å². The summed E-state index contributed by atoms with van der Waals surface area (Å²) >= 11 is 0. The third kappa shape index (κ3) is 4.74. The third-order valence-corrected chi connectivity index (χ3v) is 5.38. The van der Waals surface area contributed by atoms with Gasteiger partial charge < -0.3 is 9.31 Å². The van der Waals surface area contributed by atoms with Crippen molar-refractivity contribution in [1.29, 1.82) is 0 Å². The maximum atomic E-state index is 6.10. The molecule has 0 amide bonds. The highest BCUT2D eigenvalue weighted by molar-refractivity contribution is 6.62. The van der Waals surface area contributed by atoms with Gasteiger partial charge in [0.05, 0.1) is 11.2 Å². The Kier molecular flexibility index (Phi) is 6.33. The highest BCUT2D eigenvalue weighted by Crippen LogP contribution is 2.36. The summed E-state index contributed by atoms with van der Waals surface area (Å²) in [6, 6.07) is 8.52. The van der Waals surface area contributed by atoms with Crippen molar-refractivity contribution in [3.63, 3.8) is 0 Å². The quantitative estimate of drug-likeness (QED) is 0.639. The second-order valence-electron chi connectivity index (χ2n) is 8.13. The molecule has 0 N–H and O–H groups in total. The Balaban J connectivity index is 1.90. The van der Waals surface area contributed by atoms with Crippen LogP contribution in [0.25, 0.3) is 6.08 Å². The topological polar surface area (TPSA) is 18.5 Å². The van der Waals surface area contributed by atoms with Gasteiger partial charge in [-0.3, -0.25) is 0 Å². The van der Waals surface area contributed by atoms with Gasteiger partial charge in [-0.25, -0.2) is 0 Å². The van der Waals surface area contributed by atoms with Gasteiger partial charge in [0.2, 0.25) is 0 Å². The molecule has 1 atom stereocenters. The Bertz CT molecular complexity index is 529. The van der Waals surface area contributed by atoms with E-state index in [4.69, 9.17) is 9.31 Å². The van der Waals surface area contributed by atoms with Gasteiger partial charge in [-0.2, -0.15) is 0 Å². The summed E-state index contributed by atoms with van der Waals surface area (Å²) in [7, 11) is -0.275. The molecule has 0 radical (unpaired) electrons. The van der Waals surface area contributed by atoms with Gasteiger partial charge in [0, 0.05) is 0 Å². The van der Waals surface area contributed by atoms with E-state index in [-0.39, 0.29) is 18.3 Å². The molecular weight excluding hydrogens is 295 g/mol. The van der Waals surface area contributed by atoms with Crippen molar-refractivity contribution < 1.29 is 9.31 Å². The van der Waals surface area contributed by atoms with E-state index in [1.807, 2.05) is 0 Å². The largest absolute Gasteiger partial charge is 0.494 e. The molecule has 1 aromatic carbocycles. The lowest BCUT2D eigenvalue weighted by atomic mass is 9.79. The fourth-order valence-corrected chi connectivity index (χ4v) is 2.98. The van der Waals surface area contributed by atoms with Gasteiger partial charge in [-0.1, -0.05) is 63.1 Å². The molecule has 1 aliphatic rings. The SMILES string of the molecule is CCCC(C)CC/C=C/c1ccc(B2OC(C)(C)C(C)(C)O2)cc1. The van der Waals surface area contributed by atoms with Crippen LogP contribution in [0.1, 0.15) is 72.8 Å². The standard InChI is InChI=1S/C21H33BO2/c1-7-10-17(2)11-8-9-12-18-13-15-19(16-14-18)22-23-20(3,4)21(5,6)24-22/h9,12-17H,7-8,10-11H2,1-6H3/b12-9+. The van der Waals surface area contributed by atoms with Gasteiger partial charge in [0.1, 0.15) is 0 Å². The average Bonchev–Trinajstić information content (AvgIpc) is 2.73. The summed E-state index contributed by atoms with van der Waals surface area (Å²) in [6.45, 7) is 12.9. The molecule has 1 heterocycles. The minimum atomic E-state index is -0.286. The molecule has 1 saturated heterocycles. The molecular formula is C21H33BO2. The van der Waals surface area contributed by atoms with Crippen LogP contribution in [0.3, 0.4) is 0 Å². The van der Waals surface area contributed by atoms with E-state index in [1.54, 1.807) is 0 Å². The molecule has 0 aromatic heterocycles. The van der Waals surface area contributed by atoms with Crippen LogP contribution in [0, 0.1) is 5.92 Å². The summed E-state index contributed by atoms with van der Waals surface area (Å²) in [5.74, 6) is 0.824. The Morgan fingerprint density at radius 1 is 1.00 bits per heavy atom. The van der Waals surface area contributed by atoms with Crippen LogP contribution >= 0.6 is 0 Å². The molecule has 1 fully saturated rings. The van der Waals surface area contributed by atoms with Crippen molar-refractivity contribution in [2.45, 2.75) is 78.4 Å². The summed E-state index contributed by atoms with van der Waals surface area (Å²) in [5.41, 5.74) is 1.75. The van der Waals surface area contributed by atoms with E-state index in [9.17, 15) is 0 Å². The number of hydrogen-bond acceptors (Lipinski definition) is 2. The first-order valence-corrected chi connectivity index (χ1v) is 9.37. The summed E-state index contributed by atoms with van der Waals surface area (Å²) in [6.07, 6.45) is 9.54. The molecule has 0 bridgehead atoms. The number of hydrogen-bond donors (Lipinski definition) is 0. The molecule has 1 unspecified atom stereocenters. The summed E-state index contributed by atoms with van der Waals surface area (Å²) in [5, 5.41) is 0. The lowest BCUT2D eigenvalue weighted by molar-refractivity contribution is 0.00578. The molecule has 0 spiro atoms. The zero-order valence-corrected chi connectivity index (χ0v) is 16.3. The monoisotopic (exact) mass is 328 g/mol. The molecule has 2 nitrogen and oxygen atoms in total. The highest BCUT2D eigenvalue weighted by Gasteiger charge is 2.51. The predicted octanol–water partition coefficient (Wildman–Crippen LogP) is 5.22. The van der Waals surface area contributed by atoms with E-state index < -0.39 is 0 Å². The van der Waals surface area contributed by atoms with E-state index in [1.165, 1.54) is 24.8 Å². The van der Waals surface area contributed by atoms with Gasteiger partial charge in [-0.15, -0.1) is 0 Å². The Hall–Kier alpha value is -1.06. The molecule has 0 aliphatic carbocycles. The number of benzene rings is 1. The minimum Gasteiger partial charge on any atom is -0.399 e. The van der Waals surface area contributed by atoms with Crippen LogP contribution in [0.2, 0.25) is 0 Å². The van der Waals surface area contributed by atoms with E-state index in [2.05, 4.69) is 78.0 Å². The van der Waals surface area contributed by atoms with E-state index in [0.29, 0.717) is 0 Å². The van der Waals surface area contributed by atoms with Crippen molar-refractivity contribution in [2.75, 3.05) is 0 Å². The van der Waals surface area contributed by atoms with E-state index >= 15 is 0 Å². The van der Waals surface area contributed by atoms with Crippen LogP contribution in [-0.2, 0) is 9.31 Å². The fourth-order valence-electron chi connectivity index (χ4n) is 2.98. The first-order chi connectivity index (χ1) is 11.2. The van der Waals surface area contributed by atoms with Gasteiger partial charge in [0.15, 0.2) is 0 Å². The molecule has 24 heavy (non-hydrogen) atoms. The first kappa shape index (κ1) is 19.3. The van der Waals surface area contributed by atoms with Crippen LogP contribution < -0.4 is 5.46 Å². The second-order valence-corrected chi connectivity index (χ2v) is 8.13. The van der Waals surface area contributed by atoms with Crippen molar-refractivity contribution in [1.82, 2.24) is 0 Å². The molecule has 2 rings (SSSR count). The second kappa shape index (κ2) is 7.88. The fraction of sp³-hybridized carbons (Fsp3) is 0.619. The maximum absolute atomic E-state index is 6.10. The van der Waals surface area contributed by atoms with Gasteiger partial charge >= 0.3 is 7.12 Å². The lowest BCUT2D eigenvalue weighted by Gasteiger charge is -2.32. The predicted molar refractivity (Wildman–Crippen MR) is 104 cm³/mol. The van der Waals surface area contributed by atoms with Crippen LogP contribution in [0.15, 0.2) is 30.3 Å². The maximum Gasteiger partial charge on any atom is 0.494 e. The molecule has 132 valence electrons. The lowest BCUT2D eigenvalue weighted by Crippen LogP contribution is -2.41. The van der Waals surface area contributed by atoms with Crippen LogP contribution in [0.4, 0.5) is 0 Å². The van der Waals surface area contributed by atoms with Gasteiger partial charge in [0.25, 0.3) is 0 Å². The van der Waals surface area contributed by atoms with Crippen LogP contribution in [-0.4, -0.2) is 18.3 Å². The van der Waals surface area contributed by atoms with Crippen molar-refractivity contribution in [2.24, 2.45) is 5.92 Å². The first-order valence-electron chi connectivity index (χ1n) is 9.37. The Morgan fingerprint density at radius 3 is 2.12 bits per heavy atom. The summed E-state index contributed by atoms with van der Waals surface area (Å²) in [4.78, 5) is 0. The van der Waals surface area contributed by atoms with Crippen molar-refractivity contribution in [3.05, 3.63) is 35.9 Å². The average molecular weight is 328 g/mol. The van der Waals surface area contributed by atoms with Crippen molar-refractivity contribution in [3.8, 4) is 0 Å². The molecule has 0 saturated carbocycles. The molecule has 1 aromatic rings. The Labute approximate surface area is 148 Å². The zero-order chi connectivity index (χ0) is 17.8. The smallest absolute Gasteiger partial charge is 0.399 e. The third-order valence-electron chi connectivity index (χ3n) is 5.38. The minimum absolute atomic E-state index is 0.275. The molecule has 1 aliphatic heterocycles. The highest BCUT2D eigenvalue weighted by atomic mass is 16.7. The van der Waals surface area contributed by atoms with Gasteiger partial charge in [-0.05, 0) is 57.5 Å². The van der Waals surface area contributed by atoms with Crippen LogP contribution in [0.5, 0.6) is 0 Å². The zero-order valence-electron chi connectivity index (χ0n) is 16.3. The Morgan fingerprint density at radius 2 is 1.58 bits per heavy atom.